The van der Waals surface area contributed by atoms with E-state index in [4.69, 9.17) is 11.7 Å². The minimum Gasteiger partial charge on any atom is -0.378 e. The summed E-state index contributed by atoms with van der Waals surface area (Å²) in [6, 6.07) is 27.5. The van der Waals surface area contributed by atoms with E-state index in [0.29, 0.717) is 34.3 Å². The molecule has 0 bridgehead atoms. The lowest BCUT2D eigenvalue weighted by molar-refractivity contribution is -0.117. The molecule has 0 aliphatic carbocycles. The average Bonchev–Trinajstić information content (AvgIpc) is 3.46. The Morgan fingerprint density at radius 1 is 0.884 bits per heavy atom. The maximum absolute atomic E-state index is 13.5. The third-order valence-corrected chi connectivity index (χ3v) is 7.80. The van der Waals surface area contributed by atoms with Gasteiger partial charge in [-0.15, -0.1) is 9.89 Å². The highest BCUT2D eigenvalue weighted by Crippen LogP contribution is 2.33. The van der Waals surface area contributed by atoms with Gasteiger partial charge in [0.2, 0.25) is 5.91 Å². The van der Waals surface area contributed by atoms with Crippen molar-refractivity contribution < 1.29 is 9.59 Å². The molecule has 1 aliphatic heterocycles. The summed E-state index contributed by atoms with van der Waals surface area (Å²) in [5.41, 5.74) is 5.58. The summed E-state index contributed by atoms with van der Waals surface area (Å²) in [6.45, 7) is 0.550. The molecule has 6 rings (SSSR count). The largest absolute Gasteiger partial charge is 0.378 e. The van der Waals surface area contributed by atoms with Crippen molar-refractivity contribution in [2.24, 2.45) is 5.84 Å². The van der Waals surface area contributed by atoms with E-state index in [2.05, 4.69) is 5.10 Å². The van der Waals surface area contributed by atoms with Crippen LogP contribution in [0.25, 0.3) is 22.0 Å². The number of benzene rings is 4. The number of fused-ring (bicyclic) bond motifs is 2. The van der Waals surface area contributed by atoms with Crippen molar-refractivity contribution in [1.82, 2.24) is 9.89 Å². The van der Waals surface area contributed by atoms with Gasteiger partial charge in [-0.3, -0.25) is 14.4 Å². The topological polar surface area (TPSA) is 131 Å². The van der Waals surface area contributed by atoms with Gasteiger partial charge in [0.05, 0.1) is 17.5 Å². The lowest BCUT2D eigenvalue weighted by atomic mass is 10.0. The van der Waals surface area contributed by atoms with Crippen molar-refractivity contribution in [2.45, 2.75) is 12.8 Å². The molecule has 0 radical (unpaired) electrons. The summed E-state index contributed by atoms with van der Waals surface area (Å²) in [6.07, 6.45) is 0.913. The molecular formula is C33H31N7O3. The Morgan fingerprint density at radius 3 is 2.26 bits per heavy atom. The van der Waals surface area contributed by atoms with Crippen molar-refractivity contribution in [3.05, 3.63) is 118 Å². The molecule has 43 heavy (non-hydrogen) atoms. The predicted molar refractivity (Wildman–Crippen MR) is 170 cm³/mol. The van der Waals surface area contributed by atoms with E-state index >= 15 is 0 Å². The molecule has 0 atom stereocenters. The Balaban J connectivity index is 1.19. The third kappa shape index (κ3) is 5.20. The number of carbonyl (C=O) groups is 2. The second-order valence-electron chi connectivity index (χ2n) is 10.7. The zero-order valence-corrected chi connectivity index (χ0v) is 23.9. The highest BCUT2D eigenvalue weighted by molar-refractivity contribution is 6.06. The molecule has 0 fully saturated rings. The van der Waals surface area contributed by atoms with E-state index in [1.807, 2.05) is 73.6 Å². The molecule has 1 aliphatic rings. The number of nitrogen functional groups attached to an aromatic ring is 1. The van der Waals surface area contributed by atoms with E-state index in [0.717, 1.165) is 44.3 Å². The molecular weight excluding hydrogens is 542 g/mol. The molecule has 0 saturated heterocycles. The summed E-state index contributed by atoms with van der Waals surface area (Å²) in [7, 11) is 3.87. The maximum atomic E-state index is 13.5. The van der Waals surface area contributed by atoms with Crippen LogP contribution in [0.15, 0.2) is 95.8 Å². The van der Waals surface area contributed by atoms with Crippen molar-refractivity contribution in [3.8, 4) is 11.3 Å². The van der Waals surface area contributed by atoms with Gasteiger partial charge in [-0.05, 0) is 60.0 Å². The van der Waals surface area contributed by atoms with Gasteiger partial charge in [0, 0.05) is 48.5 Å². The fourth-order valence-electron chi connectivity index (χ4n) is 5.41. The van der Waals surface area contributed by atoms with Gasteiger partial charge >= 0.3 is 0 Å². The second-order valence-corrected chi connectivity index (χ2v) is 10.7. The first kappa shape index (κ1) is 27.7. The van der Waals surface area contributed by atoms with Crippen molar-refractivity contribution in [2.75, 3.05) is 41.3 Å². The molecule has 2 amide bonds. The third-order valence-electron chi connectivity index (χ3n) is 7.80. The molecule has 2 heterocycles. The van der Waals surface area contributed by atoms with E-state index in [9.17, 15) is 14.4 Å². The predicted octanol–water partition coefficient (Wildman–Crippen LogP) is 3.50. The number of rotatable bonds is 6. The minimum absolute atomic E-state index is 0.0584. The quantitative estimate of drug-likeness (QED) is 0.181. The fraction of sp³-hybridized carbons (Fsp3) is 0.152. The summed E-state index contributed by atoms with van der Waals surface area (Å²) in [5, 5.41) is 6.60. The van der Waals surface area contributed by atoms with Crippen LogP contribution in [0.2, 0.25) is 0 Å². The monoisotopic (exact) mass is 573 g/mol. The fourth-order valence-corrected chi connectivity index (χ4v) is 5.41. The van der Waals surface area contributed by atoms with Crippen LogP contribution >= 0.6 is 0 Å². The summed E-state index contributed by atoms with van der Waals surface area (Å²) in [4.78, 5) is 43.5. The number of hydrazine groups is 1. The summed E-state index contributed by atoms with van der Waals surface area (Å²) >= 11 is 0. The van der Waals surface area contributed by atoms with Gasteiger partial charge in [-0.25, -0.2) is 10.9 Å². The van der Waals surface area contributed by atoms with E-state index in [1.54, 1.807) is 41.3 Å². The number of hydrogen-bond donors (Lipinski definition) is 2. The molecule has 5 aromatic rings. The van der Waals surface area contributed by atoms with Crippen molar-refractivity contribution in [1.29, 1.82) is 0 Å². The summed E-state index contributed by atoms with van der Waals surface area (Å²) in [5.74, 6) is 11.7. The van der Waals surface area contributed by atoms with Gasteiger partial charge in [0.15, 0.2) is 0 Å². The van der Waals surface area contributed by atoms with Crippen LogP contribution in [-0.4, -0.2) is 42.3 Å². The zero-order chi connectivity index (χ0) is 30.2. The number of hydrogen-bond acceptors (Lipinski definition) is 7. The van der Waals surface area contributed by atoms with E-state index in [-0.39, 0.29) is 23.8 Å². The Morgan fingerprint density at radius 2 is 1.56 bits per heavy atom. The van der Waals surface area contributed by atoms with Crippen LogP contribution in [0.4, 0.5) is 17.1 Å². The number of amides is 2. The first-order valence-electron chi connectivity index (χ1n) is 13.9. The molecule has 0 spiro atoms. The number of anilines is 3. The van der Waals surface area contributed by atoms with Crippen LogP contribution < -0.4 is 32.1 Å². The molecule has 216 valence electrons. The molecule has 10 nitrogen and oxygen atoms in total. The zero-order valence-electron chi connectivity index (χ0n) is 23.9. The van der Waals surface area contributed by atoms with Gasteiger partial charge in [0.25, 0.3) is 11.5 Å². The Kier molecular flexibility index (Phi) is 7.12. The Hall–Kier alpha value is -5.48. The van der Waals surface area contributed by atoms with E-state index < -0.39 is 0 Å². The first-order valence-corrected chi connectivity index (χ1v) is 13.9. The highest BCUT2D eigenvalue weighted by atomic mass is 16.2. The minimum atomic E-state index is -0.364. The number of carbonyl (C=O) groups excluding carboxylic acids is 2. The lowest BCUT2D eigenvalue weighted by Gasteiger charge is -2.21. The molecule has 4 N–H and O–H groups in total. The Bertz CT molecular complexity index is 1920. The molecule has 10 heteroatoms. The maximum Gasteiger partial charge on any atom is 0.293 e. The van der Waals surface area contributed by atoms with Crippen LogP contribution in [-0.2, 0) is 17.6 Å². The number of aromatic nitrogens is 2. The Labute approximate surface area is 248 Å². The normalized spacial score (nSPS) is 12.3. The van der Waals surface area contributed by atoms with Gasteiger partial charge in [0.1, 0.15) is 5.69 Å². The van der Waals surface area contributed by atoms with Gasteiger partial charge in [-0.2, -0.15) is 0 Å². The van der Waals surface area contributed by atoms with Gasteiger partial charge in [-0.1, -0.05) is 48.5 Å². The number of nitrogens with two attached hydrogens (primary N) is 2. The second kappa shape index (κ2) is 11.1. The van der Waals surface area contributed by atoms with Crippen LogP contribution in [0.1, 0.15) is 21.5 Å². The first-order chi connectivity index (χ1) is 20.7. The van der Waals surface area contributed by atoms with Crippen molar-refractivity contribution >= 4 is 39.6 Å². The molecule has 0 unspecified atom stereocenters. The average molecular weight is 574 g/mol. The van der Waals surface area contributed by atoms with Crippen LogP contribution in [0.5, 0.6) is 0 Å². The smallest absolute Gasteiger partial charge is 0.293 e. The van der Waals surface area contributed by atoms with Crippen molar-refractivity contribution in [3.63, 3.8) is 0 Å². The highest BCUT2D eigenvalue weighted by Gasteiger charge is 2.26. The standard InChI is InChI=1S/C33H31N7O3/c1-37(2)25-14-12-24(13-15-25)32(42)39(34)26-16-11-22-17-18-38(29(22)20-26)30(41)19-21-7-9-23(10-8-21)31-27-5-3-4-6-28(27)33(43)40(35)36-31/h3-16,20H,17-19,34-35H2,1-2H3. The van der Waals surface area contributed by atoms with E-state index in [1.165, 1.54) is 0 Å². The molecule has 0 saturated carbocycles. The van der Waals surface area contributed by atoms with Crippen LogP contribution in [0.3, 0.4) is 0 Å². The molecule has 1 aromatic heterocycles. The lowest BCUT2D eigenvalue weighted by Crippen LogP contribution is -2.37. The molecule has 4 aromatic carbocycles. The van der Waals surface area contributed by atoms with Crippen LogP contribution in [0, 0.1) is 0 Å². The van der Waals surface area contributed by atoms with Gasteiger partial charge < -0.3 is 15.6 Å². The number of nitrogens with zero attached hydrogens (tertiary/aromatic N) is 5. The SMILES string of the molecule is CN(C)c1ccc(C(=O)N(N)c2ccc3c(c2)N(C(=O)Cc2ccc(-c4nn(N)c(=O)c5ccccc45)cc2)CC3)cc1. The summed E-state index contributed by atoms with van der Waals surface area (Å²) < 4.78 is 0.